The van der Waals surface area contributed by atoms with E-state index in [1.807, 2.05) is 0 Å². The SMILES string of the molecule is Cc1ccc(C(C)C)cc1-c1csc(CCO)n1. The van der Waals surface area contributed by atoms with E-state index in [9.17, 15) is 0 Å². The number of aryl methyl sites for hydroxylation is 1. The van der Waals surface area contributed by atoms with Crippen molar-refractivity contribution in [1.29, 1.82) is 0 Å². The van der Waals surface area contributed by atoms with Crippen molar-refractivity contribution in [3.8, 4) is 11.3 Å². The second kappa shape index (κ2) is 5.63. The first kappa shape index (κ1) is 13.2. The lowest BCUT2D eigenvalue weighted by Crippen LogP contribution is -1.92. The Morgan fingerprint density at radius 3 is 2.78 bits per heavy atom. The van der Waals surface area contributed by atoms with Crippen molar-refractivity contribution in [1.82, 2.24) is 4.98 Å². The summed E-state index contributed by atoms with van der Waals surface area (Å²) in [5.74, 6) is 0.528. The van der Waals surface area contributed by atoms with Crippen LogP contribution in [-0.2, 0) is 6.42 Å². The van der Waals surface area contributed by atoms with Crippen molar-refractivity contribution in [2.24, 2.45) is 0 Å². The number of hydrogen-bond acceptors (Lipinski definition) is 3. The molecule has 1 aromatic heterocycles. The van der Waals surface area contributed by atoms with Crippen molar-refractivity contribution < 1.29 is 5.11 Å². The molecule has 0 fully saturated rings. The predicted molar refractivity (Wildman–Crippen MR) is 77.2 cm³/mol. The second-order valence-corrected chi connectivity index (χ2v) is 5.77. The highest BCUT2D eigenvalue weighted by atomic mass is 32.1. The first-order chi connectivity index (χ1) is 8.61. The number of thiazole rings is 1. The average Bonchev–Trinajstić information content (AvgIpc) is 2.78. The van der Waals surface area contributed by atoms with E-state index in [1.165, 1.54) is 16.7 Å². The number of aliphatic hydroxyl groups excluding tert-OH is 1. The van der Waals surface area contributed by atoms with Gasteiger partial charge in [-0.25, -0.2) is 4.98 Å². The molecule has 0 radical (unpaired) electrons. The zero-order valence-corrected chi connectivity index (χ0v) is 11.9. The minimum atomic E-state index is 0.165. The van der Waals surface area contributed by atoms with Crippen molar-refractivity contribution >= 4 is 11.3 Å². The van der Waals surface area contributed by atoms with Gasteiger partial charge >= 0.3 is 0 Å². The van der Waals surface area contributed by atoms with Gasteiger partial charge in [-0.3, -0.25) is 0 Å². The maximum atomic E-state index is 8.94. The van der Waals surface area contributed by atoms with Crippen LogP contribution in [-0.4, -0.2) is 16.7 Å². The Bertz CT molecular complexity index is 531. The van der Waals surface area contributed by atoms with Gasteiger partial charge in [0.05, 0.1) is 10.7 Å². The number of aliphatic hydroxyl groups is 1. The molecule has 2 nitrogen and oxygen atoms in total. The number of benzene rings is 1. The molecule has 1 N–H and O–H groups in total. The molecule has 0 saturated heterocycles. The first-order valence-corrected chi connectivity index (χ1v) is 7.16. The fourth-order valence-electron chi connectivity index (χ4n) is 1.92. The Hall–Kier alpha value is -1.19. The van der Waals surface area contributed by atoms with Gasteiger partial charge < -0.3 is 5.11 Å². The molecule has 2 aromatic rings. The van der Waals surface area contributed by atoms with E-state index in [-0.39, 0.29) is 6.61 Å². The summed E-state index contributed by atoms with van der Waals surface area (Å²) < 4.78 is 0. The smallest absolute Gasteiger partial charge is 0.0955 e. The Morgan fingerprint density at radius 1 is 1.33 bits per heavy atom. The molecule has 0 aliphatic heterocycles. The summed E-state index contributed by atoms with van der Waals surface area (Å²) in [6.07, 6.45) is 0.646. The summed E-state index contributed by atoms with van der Waals surface area (Å²) in [4.78, 5) is 4.59. The molecular weight excluding hydrogens is 242 g/mol. The van der Waals surface area contributed by atoms with Gasteiger partial charge in [-0.2, -0.15) is 0 Å². The van der Waals surface area contributed by atoms with Crippen LogP contribution < -0.4 is 0 Å². The molecule has 18 heavy (non-hydrogen) atoms. The van der Waals surface area contributed by atoms with E-state index in [0.29, 0.717) is 12.3 Å². The third-order valence-corrected chi connectivity index (χ3v) is 3.99. The molecule has 2 rings (SSSR count). The summed E-state index contributed by atoms with van der Waals surface area (Å²) >= 11 is 1.62. The second-order valence-electron chi connectivity index (χ2n) is 4.83. The van der Waals surface area contributed by atoms with E-state index in [0.717, 1.165) is 10.7 Å². The quantitative estimate of drug-likeness (QED) is 0.908. The molecule has 1 heterocycles. The van der Waals surface area contributed by atoms with Crippen LogP contribution in [0.4, 0.5) is 0 Å². The Kier molecular flexibility index (Phi) is 4.15. The van der Waals surface area contributed by atoms with Crippen LogP contribution in [0.15, 0.2) is 23.6 Å². The largest absolute Gasteiger partial charge is 0.396 e. The summed E-state index contributed by atoms with van der Waals surface area (Å²) in [5.41, 5.74) is 4.83. The summed E-state index contributed by atoms with van der Waals surface area (Å²) in [6, 6.07) is 6.58. The standard InChI is InChI=1S/C15H19NOS/c1-10(2)12-5-4-11(3)13(8-12)14-9-18-15(16-14)6-7-17/h4-5,8-10,17H,6-7H2,1-3H3. The normalized spacial score (nSPS) is 11.2. The topological polar surface area (TPSA) is 33.1 Å². The third-order valence-electron chi connectivity index (χ3n) is 3.08. The summed E-state index contributed by atoms with van der Waals surface area (Å²) in [7, 11) is 0. The Balaban J connectivity index is 2.38. The third kappa shape index (κ3) is 2.79. The lowest BCUT2D eigenvalue weighted by Gasteiger charge is -2.09. The van der Waals surface area contributed by atoms with Crippen molar-refractivity contribution in [2.45, 2.75) is 33.1 Å². The van der Waals surface area contributed by atoms with E-state index in [2.05, 4.69) is 49.3 Å². The van der Waals surface area contributed by atoms with E-state index in [1.54, 1.807) is 11.3 Å². The summed E-state index contributed by atoms with van der Waals surface area (Å²) in [5, 5.41) is 12.0. The molecule has 0 bridgehead atoms. The highest BCUT2D eigenvalue weighted by molar-refractivity contribution is 7.09. The number of nitrogens with zero attached hydrogens (tertiary/aromatic N) is 1. The van der Waals surface area contributed by atoms with Crippen molar-refractivity contribution in [3.63, 3.8) is 0 Å². The van der Waals surface area contributed by atoms with Crippen LogP contribution in [0, 0.1) is 6.92 Å². The van der Waals surface area contributed by atoms with Gasteiger partial charge in [-0.15, -0.1) is 11.3 Å². The van der Waals surface area contributed by atoms with Crippen molar-refractivity contribution in [2.75, 3.05) is 6.61 Å². The molecule has 0 spiro atoms. The van der Waals surface area contributed by atoms with Crippen molar-refractivity contribution in [3.05, 3.63) is 39.7 Å². The highest BCUT2D eigenvalue weighted by Crippen LogP contribution is 2.28. The van der Waals surface area contributed by atoms with Gasteiger partial charge in [-0.1, -0.05) is 26.0 Å². The lowest BCUT2D eigenvalue weighted by atomic mass is 9.97. The number of aromatic nitrogens is 1. The fraction of sp³-hybridized carbons (Fsp3) is 0.400. The highest BCUT2D eigenvalue weighted by Gasteiger charge is 2.09. The number of rotatable bonds is 4. The monoisotopic (exact) mass is 261 g/mol. The lowest BCUT2D eigenvalue weighted by molar-refractivity contribution is 0.299. The van der Waals surface area contributed by atoms with Gasteiger partial charge in [0, 0.05) is 24.0 Å². The molecule has 0 aliphatic rings. The molecule has 1 aromatic carbocycles. The molecule has 0 amide bonds. The van der Waals surface area contributed by atoms with Gasteiger partial charge in [-0.05, 0) is 30.0 Å². The molecule has 0 atom stereocenters. The van der Waals surface area contributed by atoms with E-state index >= 15 is 0 Å². The molecular formula is C15H19NOS. The minimum Gasteiger partial charge on any atom is -0.396 e. The van der Waals surface area contributed by atoms with Crippen LogP contribution in [0.2, 0.25) is 0 Å². The van der Waals surface area contributed by atoms with Gasteiger partial charge in [0.1, 0.15) is 0 Å². The average molecular weight is 261 g/mol. The number of hydrogen-bond donors (Lipinski definition) is 1. The minimum absolute atomic E-state index is 0.165. The maximum absolute atomic E-state index is 8.94. The zero-order valence-electron chi connectivity index (χ0n) is 11.1. The predicted octanol–water partition coefficient (Wildman–Crippen LogP) is 3.78. The molecule has 0 saturated carbocycles. The first-order valence-electron chi connectivity index (χ1n) is 6.28. The fourth-order valence-corrected chi connectivity index (χ4v) is 2.71. The molecule has 0 unspecified atom stereocenters. The molecule has 0 aliphatic carbocycles. The summed E-state index contributed by atoms with van der Waals surface area (Å²) in [6.45, 7) is 6.68. The van der Waals surface area contributed by atoms with E-state index < -0.39 is 0 Å². The Labute approximate surface area is 112 Å². The molecule has 3 heteroatoms. The van der Waals surface area contributed by atoms with Crippen LogP contribution in [0.1, 0.15) is 35.9 Å². The van der Waals surface area contributed by atoms with Crippen LogP contribution in [0.5, 0.6) is 0 Å². The van der Waals surface area contributed by atoms with Crippen LogP contribution in [0.25, 0.3) is 11.3 Å². The Morgan fingerprint density at radius 2 is 2.11 bits per heavy atom. The van der Waals surface area contributed by atoms with Gasteiger partial charge in [0.15, 0.2) is 0 Å². The zero-order chi connectivity index (χ0) is 13.1. The maximum Gasteiger partial charge on any atom is 0.0955 e. The van der Waals surface area contributed by atoms with Crippen LogP contribution in [0.3, 0.4) is 0 Å². The van der Waals surface area contributed by atoms with Gasteiger partial charge in [0.2, 0.25) is 0 Å². The molecule has 96 valence electrons. The van der Waals surface area contributed by atoms with Gasteiger partial charge in [0.25, 0.3) is 0 Å². The van der Waals surface area contributed by atoms with Crippen LogP contribution >= 0.6 is 11.3 Å². The van der Waals surface area contributed by atoms with E-state index in [4.69, 9.17) is 5.11 Å².